The maximum atomic E-state index is 11.5. The fourth-order valence-electron chi connectivity index (χ4n) is 3.14. The molecule has 0 radical (unpaired) electrons. The van der Waals surface area contributed by atoms with E-state index in [1.807, 2.05) is 6.07 Å². The number of halogens is 1. The van der Waals surface area contributed by atoms with Crippen molar-refractivity contribution in [2.45, 2.75) is 39.2 Å². The third-order valence-electron chi connectivity index (χ3n) is 5.08. The van der Waals surface area contributed by atoms with Crippen LogP contribution in [-0.2, 0) is 4.79 Å². The van der Waals surface area contributed by atoms with Crippen LogP contribution >= 0.6 is 11.6 Å². The fraction of sp³-hybridized carbons (Fsp3) is 0.562. The van der Waals surface area contributed by atoms with Crippen LogP contribution in [-0.4, -0.2) is 24.1 Å². The van der Waals surface area contributed by atoms with Gasteiger partial charge in [0.05, 0.1) is 10.7 Å². The molecule has 1 unspecified atom stereocenters. The third kappa shape index (κ3) is 2.51. The topological polar surface area (TPSA) is 52.6 Å². The molecule has 1 aromatic carbocycles. The van der Waals surface area contributed by atoms with Gasteiger partial charge < -0.3 is 15.3 Å². The van der Waals surface area contributed by atoms with Gasteiger partial charge in [0.2, 0.25) is 0 Å². The van der Waals surface area contributed by atoms with Crippen LogP contribution in [0.5, 0.6) is 0 Å². The van der Waals surface area contributed by atoms with E-state index < -0.39 is 6.10 Å². The summed E-state index contributed by atoms with van der Waals surface area (Å²) in [7, 11) is 0. The minimum absolute atomic E-state index is 0.379. The Morgan fingerprint density at radius 2 is 2.10 bits per heavy atom. The minimum Gasteiger partial charge on any atom is -0.378 e. The molecule has 2 aliphatic heterocycles. The Kier molecular flexibility index (Phi) is 3.62. The van der Waals surface area contributed by atoms with E-state index in [4.69, 9.17) is 11.6 Å². The van der Waals surface area contributed by atoms with Crippen molar-refractivity contribution in [3.63, 3.8) is 0 Å². The predicted molar refractivity (Wildman–Crippen MR) is 84.9 cm³/mol. The lowest BCUT2D eigenvalue weighted by Gasteiger charge is -2.40. The molecule has 0 aliphatic carbocycles. The molecule has 3 rings (SSSR count). The van der Waals surface area contributed by atoms with Gasteiger partial charge in [-0.15, -0.1) is 0 Å². The second-order valence-electron chi connectivity index (χ2n) is 6.43. The Morgan fingerprint density at radius 3 is 2.71 bits per heavy atom. The van der Waals surface area contributed by atoms with Crippen molar-refractivity contribution in [2.75, 3.05) is 23.3 Å². The van der Waals surface area contributed by atoms with E-state index in [0.29, 0.717) is 21.7 Å². The summed E-state index contributed by atoms with van der Waals surface area (Å²) in [6, 6.07) is 3.60. The molecular formula is C16H21ClN2O2. The van der Waals surface area contributed by atoms with Crippen LogP contribution in [0, 0.1) is 5.41 Å². The van der Waals surface area contributed by atoms with Crippen molar-refractivity contribution in [3.05, 3.63) is 22.7 Å². The van der Waals surface area contributed by atoms with Crippen molar-refractivity contribution < 1.29 is 9.90 Å². The Bertz CT molecular complexity index is 580. The number of piperidine rings is 1. The highest BCUT2D eigenvalue weighted by Crippen LogP contribution is 2.42. The quantitative estimate of drug-likeness (QED) is 0.881. The number of carbonyl (C=O) groups is 1. The average molecular weight is 309 g/mol. The molecule has 1 saturated heterocycles. The molecule has 21 heavy (non-hydrogen) atoms. The van der Waals surface area contributed by atoms with Gasteiger partial charge in [0.25, 0.3) is 5.91 Å². The molecule has 0 spiro atoms. The number of hydrogen-bond donors (Lipinski definition) is 2. The first kappa shape index (κ1) is 14.7. The summed E-state index contributed by atoms with van der Waals surface area (Å²) < 4.78 is 0. The van der Waals surface area contributed by atoms with Crippen LogP contribution < -0.4 is 10.2 Å². The average Bonchev–Trinajstić information content (AvgIpc) is 2.75. The number of aliphatic hydroxyl groups is 1. The molecule has 0 aromatic heterocycles. The van der Waals surface area contributed by atoms with E-state index >= 15 is 0 Å². The van der Waals surface area contributed by atoms with Gasteiger partial charge in [-0.25, -0.2) is 0 Å². The van der Waals surface area contributed by atoms with Crippen LogP contribution in [0.2, 0.25) is 5.02 Å². The molecule has 114 valence electrons. The van der Waals surface area contributed by atoms with Crippen LogP contribution in [0.15, 0.2) is 12.1 Å². The number of fused-ring (bicyclic) bond motifs is 1. The normalized spacial score (nSPS) is 23.9. The van der Waals surface area contributed by atoms with Crippen molar-refractivity contribution in [2.24, 2.45) is 5.41 Å². The Labute approximate surface area is 130 Å². The summed E-state index contributed by atoms with van der Waals surface area (Å²) in [5, 5.41) is 13.1. The number of aliphatic hydroxyl groups excluding tert-OH is 1. The molecule has 1 atom stereocenters. The van der Waals surface area contributed by atoms with E-state index in [9.17, 15) is 9.90 Å². The molecule has 1 fully saturated rings. The first-order valence-electron chi connectivity index (χ1n) is 7.51. The highest BCUT2D eigenvalue weighted by Gasteiger charge is 2.32. The molecule has 1 aromatic rings. The van der Waals surface area contributed by atoms with Gasteiger partial charge in [0, 0.05) is 24.3 Å². The van der Waals surface area contributed by atoms with Crippen LogP contribution in [0.4, 0.5) is 11.4 Å². The van der Waals surface area contributed by atoms with Gasteiger partial charge >= 0.3 is 0 Å². The van der Waals surface area contributed by atoms with Gasteiger partial charge in [-0.05, 0) is 30.4 Å². The van der Waals surface area contributed by atoms with Crippen molar-refractivity contribution in [1.82, 2.24) is 0 Å². The smallest absolute Gasteiger partial charge is 0.257 e. The summed E-state index contributed by atoms with van der Waals surface area (Å²) in [6.07, 6.45) is 2.38. The van der Waals surface area contributed by atoms with Crippen LogP contribution in [0.3, 0.4) is 0 Å². The second-order valence-corrected chi connectivity index (χ2v) is 6.84. The third-order valence-corrected chi connectivity index (χ3v) is 5.39. The number of anilines is 2. The molecule has 2 N–H and O–H groups in total. The number of nitrogens with zero attached hydrogens (tertiary/aromatic N) is 1. The molecule has 2 aliphatic rings. The van der Waals surface area contributed by atoms with Crippen molar-refractivity contribution in [1.29, 1.82) is 0 Å². The lowest BCUT2D eigenvalue weighted by molar-refractivity contribution is -0.123. The summed E-state index contributed by atoms with van der Waals surface area (Å²) in [5.41, 5.74) is 2.62. The molecule has 5 heteroatoms. The summed E-state index contributed by atoms with van der Waals surface area (Å²) >= 11 is 6.37. The zero-order valence-electron chi connectivity index (χ0n) is 12.4. The Hall–Kier alpha value is -1.26. The van der Waals surface area contributed by atoms with Crippen molar-refractivity contribution in [3.8, 4) is 0 Å². The molecule has 0 bridgehead atoms. The number of nitrogens with one attached hydrogen (secondary N) is 1. The molecule has 2 heterocycles. The van der Waals surface area contributed by atoms with E-state index in [2.05, 4.69) is 24.1 Å². The Morgan fingerprint density at radius 1 is 1.43 bits per heavy atom. The van der Waals surface area contributed by atoms with Gasteiger partial charge in [-0.1, -0.05) is 31.9 Å². The standard InChI is InChI=1S/C16H21ClN2O2/c1-3-16(2)4-6-19(7-5-16)13-9-12-10(8-11(13)17)14(20)15(21)18-12/h8-9,14,20H,3-7H2,1-2H3,(H,18,21). The zero-order valence-corrected chi connectivity index (χ0v) is 13.2. The molecule has 1 amide bonds. The number of amides is 1. The Balaban J connectivity index is 1.85. The van der Waals surface area contributed by atoms with Crippen LogP contribution in [0.1, 0.15) is 44.8 Å². The monoisotopic (exact) mass is 308 g/mol. The predicted octanol–water partition coefficient (Wildman–Crippen LogP) is 3.34. The molecule has 4 nitrogen and oxygen atoms in total. The number of rotatable bonds is 2. The maximum absolute atomic E-state index is 11.5. The van der Waals surface area contributed by atoms with Crippen LogP contribution in [0.25, 0.3) is 0 Å². The van der Waals surface area contributed by atoms with E-state index in [0.717, 1.165) is 31.6 Å². The van der Waals surface area contributed by atoms with Gasteiger partial charge in [0.1, 0.15) is 0 Å². The highest BCUT2D eigenvalue weighted by atomic mass is 35.5. The number of carbonyl (C=O) groups excluding carboxylic acids is 1. The highest BCUT2D eigenvalue weighted by molar-refractivity contribution is 6.33. The lowest BCUT2D eigenvalue weighted by atomic mass is 9.78. The first-order chi connectivity index (χ1) is 9.93. The van der Waals surface area contributed by atoms with Gasteiger partial charge in [0.15, 0.2) is 6.10 Å². The minimum atomic E-state index is -1.10. The van der Waals surface area contributed by atoms with Gasteiger partial charge in [-0.3, -0.25) is 4.79 Å². The molecular weight excluding hydrogens is 288 g/mol. The second kappa shape index (κ2) is 5.18. The fourth-order valence-corrected chi connectivity index (χ4v) is 3.43. The zero-order chi connectivity index (χ0) is 15.2. The summed E-state index contributed by atoms with van der Waals surface area (Å²) in [5.74, 6) is -0.379. The largest absolute Gasteiger partial charge is 0.378 e. The lowest BCUT2D eigenvalue weighted by Crippen LogP contribution is -2.38. The van der Waals surface area contributed by atoms with E-state index in [-0.39, 0.29) is 5.91 Å². The summed E-state index contributed by atoms with van der Waals surface area (Å²) in [6.45, 7) is 6.53. The maximum Gasteiger partial charge on any atom is 0.257 e. The van der Waals surface area contributed by atoms with E-state index in [1.165, 1.54) is 6.42 Å². The number of hydrogen-bond acceptors (Lipinski definition) is 3. The number of benzene rings is 1. The first-order valence-corrected chi connectivity index (χ1v) is 7.89. The molecule has 0 saturated carbocycles. The van der Waals surface area contributed by atoms with E-state index in [1.54, 1.807) is 6.07 Å². The van der Waals surface area contributed by atoms with Crippen molar-refractivity contribution >= 4 is 28.9 Å². The van der Waals surface area contributed by atoms with Gasteiger partial charge in [-0.2, -0.15) is 0 Å². The summed E-state index contributed by atoms with van der Waals surface area (Å²) in [4.78, 5) is 13.8. The SMILES string of the molecule is CCC1(C)CCN(c2cc3c(cc2Cl)C(O)C(=O)N3)CC1.